The maximum absolute atomic E-state index is 13.7. The molecule has 0 aliphatic rings. The quantitative estimate of drug-likeness (QED) is 0.831. The van der Waals surface area contributed by atoms with E-state index < -0.39 is 5.82 Å². The fourth-order valence-corrected chi connectivity index (χ4v) is 2.10. The van der Waals surface area contributed by atoms with Crippen molar-refractivity contribution in [1.82, 2.24) is 4.98 Å². The van der Waals surface area contributed by atoms with E-state index in [0.29, 0.717) is 12.3 Å². The smallest absolute Gasteiger partial charge is 0.167 e. The van der Waals surface area contributed by atoms with Crippen molar-refractivity contribution in [3.8, 4) is 5.75 Å². The predicted molar refractivity (Wildman–Crippen MR) is 83.2 cm³/mol. The van der Waals surface area contributed by atoms with Crippen molar-refractivity contribution in [3.05, 3.63) is 48.0 Å². The van der Waals surface area contributed by atoms with Gasteiger partial charge >= 0.3 is 0 Å². The maximum Gasteiger partial charge on any atom is 0.167 e. The highest BCUT2D eigenvalue weighted by atomic mass is 19.1. The van der Waals surface area contributed by atoms with Crippen LogP contribution in [0.5, 0.6) is 5.75 Å². The van der Waals surface area contributed by atoms with Crippen molar-refractivity contribution in [2.75, 3.05) is 30.8 Å². The van der Waals surface area contributed by atoms with Crippen LogP contribution in [-0.2, 0) is 6.42 Å². The van der Waals surface area contributed by atoms with Gasteiger partial charge in [0.05, 0.1) is 18.0 Å². The molecule has 0 atom stereocenters. The Balaban J connectivity index is 2.11. The van der Waals surface area contributed by atoms with Gasteiger partial charge in [0.2, 0.25) is 0 Å². The lowest BCUT2D eigenvalue weighted by Crippen LogP contribution is -2.22. The third-order valence-corrected chi connectivity index (χ3v) is 3.22. The molecule has 0 aliphatic carbocycles. The van der Waals surface area contributed by atoms with E-state index in [9.17, 15) is 4.39 Å². The van der Waals surface area contributed by atoms with Gasteiger partial charge in [0.15, 0.2) is 11.6 Å². The number of ether oxygens (including phenoxy) is 1. The standard InChI is InChI=1S/C16H20FN3O/c1-3-21-16-11-15(14(18)10-13(16)17)20(2)9-7-12-6-4-5-8-19-12/h4-6,8,10-11H,3,7,9,18H2,1-2H3. The number of likely N-dealkylation sites (N-methyl/N-ethyl adjacent to an activating group) is 1. The Hall–Kier alpha value is -2.30. The summed E-state index contributed by atoms with van der Waals surface area (Å²) in [5.74, 6) is -0.206. The third-order valence-electron chi connectivity index (χ3n) is 3.22. The van der Waals surface area contributed by atoms with E-state index in [1.165, 1.54) is 6.07 Å². The Morgan fingerprint density at radius 3 is 2.81 bits per heavy atom. The zero-order valence-corrected chi connectivity index (χ0v) is 12.3. The normalized spacial score (nSPS) is 10.4. The van der Waals surface area contributed by atoms with Crippen LogP contribution < -0.4 is 15.4 Å². The van der Waals surface area contributed by atoms with Gasteiger partial charge in [0, 0.05) is 44.0 Å². The van der Waals surface area contributed by atoms with E-state index >= 15 is 0 Å². The monoisotopic (exact) mass is 289 g/mol. The number of hydrogen-bond acceptors (Lipinski definition) is 4. The van der Waals surface area contributed by atoms with E-state index in [4.69, 9.17) is 10.5 Å². The summed E-state index contributed by atoms with van der Waals surface area (Å²) in [6.07, 6.45) is 2.56. The Morgan fingerprint density at radius 2 is 2.14 bits per heavy atom. The summed E-state index contributed by atoms with van der Waals surface area (Å²) in [4.78, 5) is 6.26. The van der Waals surface area contributed by atoms with Crippen LogP contribution in [0, 0.1) is 5.82 Å². The molecule has 2 rings (SSSR count). The van der Waals surface area contributed by atoms with Crippen LogP contribution in [0.2, 0.25) is 0 Å². The molecule has 2 N–H and O–H groups in total. The molecule has 0 radical (unpaired) electrons. The van der Waals surface area contributed by atoms with Crippen molar-refractivity contribution < 1.29 is 9.13 Å². The Kier molecular flexibility index (Phi) is 4.98. The molecule has 0 amide bonds. The second-order valence-electron chi connectivity index (χ2n) is 4.77. The molecule has 0 saturated heterocycles. The number of anilines is 2. The first kappa shape index (κ1) is 15.1. The van der Waals surface area contributed by atoms with E-state index in [2.05, 4.69) is 4.98 Å². The molecule has 5 heteroatoms. The molecule has 0 fully saturated rings. The highest BCUT2D eigenvalue weighted by Crippen LogP contribution is 2.30. The number of nitrogens with two attached hydrogens (primary N) is 1. The largest absolute Gasteiger partial charge is 0.491 e. The van der Waals surface area contributed by atoms with Crippen molar-refractivity contribution in [2.24, 2.45) is 0 Å². The molecule has 2 aromatic rings. The van der Waals surface area contributed by atoms with E-state index in [1.807, 2.05) is 37.1 Å². The Bertz CT molecular complexity index is 590. The lowest BCUT2D eigenvalue weighted by Gasteiger charge is -2.22. The summed E-state index contributed by atoms with van der Waals surface area (Å²) in [5.41, 5.74) is 8.08. The second-order valence-corrected chi connectivity index (χ2v) is 4.77. The average molecular weight is 289 g/mol. The molecule has 1 heterocycles. The molecule has 0 bridgehead atoms. The van der Waals surface area contributed by atoms with Gasteiger partial charge < -0.3 is 15.4 Å². The number of nitrogens with zero attached hydrogens (tertiary/aromatic N) is 2. The average Bonchev–Trinajstić information content (AvgIpc) is 2.49. The maximum atomic E-state index is 13.7. The number of benzene rings is 1. The lowest BCUT2D eigenvalue weighted by atomic mass is 10.2. The molecular formula is C16H20FN3O. The van der Waals surface area contributed by atoms with Gasteiger partial charge in [-0.1, -0.05) is 6.07 Å². The van der Waals surface area contributed by atoms with E-state index in [-0.39, 0.29) is 5.75 Å². The predicted octanol–water partition coefficient (Wildman–Crippen LogP) is 2.88. The fraction of sp³-hybridized carbons (Fsp3) is 0.312. The highest BCUT2D eigenvalue weighted by Gasteiger charge is 2.12. The number of halogens is 1. The third kappa shape index (κ3) is 3.84. The summed E-state index contributed by atoms with van der Waals surface area (Å²) in [6, 6.07) is 8.78. The Labute approximate surface area is 124 Å². The van der Waals surface area contributed by atoms with Gasteiger partial charge in [-0.3, -0.25) is 4.98 Å². The number of nitrogen functional groups attached to an aromatic ring is 1. The van der Waals surface area contributed by atoms with Crippen LogP contribution in [0.3, 0.4) is 0 Å². The van der Waals surface area contributed by atoms with Gasteiger partial charge in [0.1, 0.15) is 0 Å². The van der Waals surface area contributed by atoms with Crippen LogP contribution in [-0.4, -0.2) is 25.2 Å². The first-order valence-electron chi connectivity index (χ1n) is 6.94. The summed E-state index contributed by atoms with van der Waals surface area (Å²) in [5, 5.41) is 0. The molecule has 1 aromatic carbocycles. The van der Waals surface area contributed by atoms with Crippen LogP contribution in [0.25, 0.3) is 0 Å². The van der Waals surface area contributed by atoms with Gasteiger partial charge in [-0.2, -0.15) is 0 Å². The summed E-state index contributed by atoms with van der Waals surface area (Å²) in [6.45, 7) is 2.97. The van der Waals surface area contributed by atoms with Gasteiger partial charge in [-0.15, -0.1) is 0 Å². The summed E-state index contributed by atoms with van der Waals surface area (Å²) < 4.78 is 19.0. The molecule has 0 saturated carbocycles. The Morgan fingerprint density at radius 1 is 1.33 bits per heavy atom. The number of rotatable bonds is 6. The molecule has 112 valence electrons. The van der Waals surface area contributed by atoms with E-state index in [0.717, 1.165) is 24.3 Å². The lowest BCUT2D eigenvalue weighted by molar-refractivity contribution is 0.322. The zero-order chi connectivity index (χ0) is 15.2. The SMILES string of the molecule is CCOc1cc(N(C)CCc2ccccn2)c(N)cc1F. The highest BCUT2D eigenvalue weighted by molar-refractivity contribution is 5.69. The molecule has 4 nitrogen and oxygen atoms in total. The molecule has 0 unspecified atom stereocenters. The minimum absolute atomic E-state index is 0.228. The summed E-state index contributed by atoms with van der Waals surface area (Å²) >= 11 is 0. The van der Waals surface area contributed by atoms with Crippen LogP contribution in [0.1, 0.15) is 12.6 Å². The zero-order valence-electron chi connectivity index (χ0n) is 12.3. The number of hydrogen-bond donors (Lipinski definition) is 1. The van der Waals surface area contributed by atoms with Crippen molar-refractivity contribution >= 4 is 11.4 Å². The van der Waals surface area contributed by atoms with Crippen molar-refractivity contribution in [2.45, 2.75) is 13.3 Å². The first-order valence-corrected chi connectivity index (χ1v) is 6.94. The number of aromatic nitrogens is 1. The van der Waals surface area contributed by atoms with E-state index in [1.54, 1.807) is 12.3 Å². The van der Waals surface area contributed by atoms with Crippen molar-refractivity contribution in [1.29, 1.82) is 0 Å². The van der Waals surface area contributed by atoms with Crippen LogP contribution >= 0.6 is 0 Å². The minimum Gasteiger partial charge on any atom is -0.491 e. The summed E-state index contributed by atoms with van der Waals surface area (Å²) in [7, 11) is 1.92. The molecule has 21 heavy (non-hydrogen) atoms. The molecule has 1 aromatic heterocycles. The van der Waals surface area contributed by atoms with Gasteiger partial charge in [-0.25, -0.2) is 4.39 Å². The van der Waals surface area contributed by atoms with Crippen LogP contribution in [0.4, 0.5) is 15.8 Å². The van der Waals surface area contributed by atoms with Gasteiger partial charge in [-0.05, 0) is 19.1 Å². The second kappa shape index (κ2) is 6.92. The topological polar surface area (TPSA) is 51.4 Å². The minimum atomic E-state index is -0.434. The number of pyridine rings is 1. The van der Waals surface area contributed by atoms with Gasteiger partial charge in [0.25, 0.3) is 0 Å². The first-order chi connectivity index (χ1) is 10.1. The molecular weight excluding hydrogens is 269 g/mol. The van der Waals surface area contributed by atoms with Crippen LogP contribution in [0.15, 0.2) is 36.5 Å². The fourth-order valence-electron chi connectivity index (χ4n) is 2.10. The van der Waals surface area contributed by atoms with Crippen molar-refractivity contribution in [3.63, 3.8) is 0 Å². The molecule has 0 aliphatic heterocycles. The molecule has 0 spiro atoms.